The molecule has 2 aliphatic rings. The van der Waals surface area contributed by atoms with E-state index < -0.39 is 0 Å². The van der Waals surface area contributed by atoms with Gasteiger partial charge in [0, 0.05) is 48.9 Å². The number of likely N-dealkylation sites (tertiary alicyclic amines) is 1. The van der Waals surface area contributed by atoms with E-state index in [4.69, 9.17) is 14.2 Å². The Morgan fingerprint density at radius 3 is 3.00 bits per heavy atom. The van der Waals surface area contributed by atoms with Crippen LogP contribution in [0.5, 0.6) is 5.88 Å². The average Bonchev–Trinajstić information content (AvgIpc) is 3.19. The molecule has 0 amide bonds. The van der Waals surface area contributed by atoms with E-state index in [1.165, 1.54) is 0 Å². The van der Waals surface area contributed by atoms with E-state index in [2.05, 4.69) is 20.9 Å². The van der Waals surface area contributed by atoms with E-state index in [-0.39, 0.29) is 5.41 Å². The van der Waals surface area contributed by atoms with Gasteiger partial charge in [-0.15, -0.1) is 0 Å². The number of rotatable bonds is 7. The van der Waals surface area contributed by atoms with E-state index in [9.17, 15) is 0 Å². The van der Waals surface area contributed by atoms with Crippen LogP contribution >= 0.6 is 0 Å². The quantitative estimate of drug-likeness (QED) is 0.759. The highest BCUT2D eigenvalue weighted by molar-refractivity contribution is 5.25. The summed E-state index contributed by atoms with van der Waals surface area (Å²) in [4.78, 5) is 11.1. The summed E-state index contributed by atoms with van der Waals surface area (Å²) < 4.78 is 17.2. The van der Waals surface area contributed by atoms with Gasteiger partial charge in [-0.25, -0.2) is 4.98 Å². The number of fused-ring (bicyclic) bond motifs is 1. The molecule has 2 fully saturated rings. The number of nitrogens with zero attached hydrogens (tertiary/aromatic N) is 3. The molecule has 0 bridgehead atoms. The minimum absolute atomic E-state index is 0.0736. The molecular formula is C20H25N3O3. The van der Waals surface area contributed by atoms with Gasteiger partial charge >= 0.3 is 0 Å². The lowest BCUT2D eigenvalue weighted by Crippen LogP contribution is -2.35. The largest absolute Gasteiger partial charge is 0.481 e. The molecule has 0 saturated carbocycles. The number of aromatic nitrogens is 2. The second-order valence-electron chi connectivity index (χ2n) is 7.23. The second-order valence-corrected chi connectivity index (χ2v) is 7.23. The average molecular weight is 355 g/mol. The standard InChI is InChI=1S/C20H25N3O3/c1-24-19-16(5-4-8-22-19)9-23-10-17-11-25-14-20(17,13-23)15-26-12-18-6-2-3-7-21-18/h2-8,17H,9-15H2,1H3/t17-,20+/m1/s1. The van der Waals surface area contributed by atoms with Crippen molar-refractivity contribution in [2.75, 3.05) is 40.0 Å². The molecule has 2 saturated heterocycles. The fraction of sp³-hybridized carbons (Fsp3) is 0.500. The van der Waals surface area contributed by atoms with Crippen LogP contribution < -0.4 is 4.74 Å². The highest BCUT2D eigenvalue weighted by atomic mass is 16.5. The molecule has 0 aromatic carbocycles. The Hall–Kier alpha value is -2.02. The van der Waals surface area contributed by atoms with E-state index >= 15 is 0 Å². The first kappa shape index (κ1) is 17.4. The summed E-state index contributed by atoms with van der Waals surface area (Å²) >= 11 is 0. The Bertz CT molecular complexity index is 727. The van der Waals surface area contributed by atoms with Crippen LogP contribution in [0, 0.1) is 11.3 Å². The van der Waals surface area contributed by atoms with Crippen LogP contribution in [0.15, 0.2) is 42.7 Å². The fourth-order valence-corrected chi connectivity index (χ4v) is 4.08. The van der Waals surface area contributed by atoms with Crippen molar-refractivity contribution in [3.8, 4) is 5.88 Å². The smallest absolute Gasteiger partial charge is 0.217 e. The van der Waals surface area contributed by atoms with Gasteiger partial charge in [-0.3, -0.25) is 9.88 Å². The predicted octanol–water partition coefficient (Wildman–Crippen LogP) is 2.15. The van der Waals surface area contributed by atoms with Crippen LogP contribution in [0.2, 0.25) is 0 Å². The molecule has 2 aromatic rings. The molecule has 2 aromatic heterocycles. The number of hydrogen-bond donors (Lipinski definition) is 0. The molecule has 6 heteroatoms. The summed E-state index contributed by atoms with van der Waals surface area (Å²) in [7, 11) is 1.67. The maximum Gasteiger partial charge on any atom is 0.217 e. The van der Waals surface area contributed by atoms with Gasteiger partial charge in [-0.1, -0.05) is 12.1 Å². The molecule has 0 aliphatic carbocycles. The number of ether oxygens (including phenoxy) is 3. The van der Waals surface area contributed by atoms with Crippen LogP contribution in [0.3, 0.4) is 0 Å². The Morgan fingerprint density at radius 2 is 2.15 bits per heavy atom. The lowest BCUT2D eigenvalue weighted by Gasteiger charge is -2.27. The monoisotopic (exact) mass is 355 g/mol. The van der Waals surface area contributed by atoms with Gasteiger partial charge in [0.1, 0.15) is 0 Å². The number of hydrogen-bond acceptors (Lipinski definition) is 6. The molecule has 0 spiro atoms. The highest BCUT2D eigenvalue weighted by Crippen LogP contribution is 2.42. The van der Waals surface area contributed by atoms with Gasteiger partial charge in [0.25, 0.3) is 0 Å². The topological polar surface area (TPSA) is 56.7 Å². The Balaban J connectivity index is 1.38. The summed E-state index contributed by atoms with van der Waals surface area (Å²) in [5.74, 6) is 1.22. The predicted molar refractivity (Wildman–Crippen MR) is 96.7 cm³/mol. The van der Waals surface area contributed by atoms with Gasteiger partial charge < -0.3 is 14.2 Å². The van der Waals surface area contributed by atoms with Crippen molar-refractivity contribution in [3.63, 3.8) is 0 Å². The van der Waals surface area contributed by atoms with Gasteiger partial charge in [0.05, 0.1) is 39.2 Å². The summed E-state index contributed by atoms with van der Waals surface area (Å²) in [5, 5.41) is 0. The normalized spacial score (nSPS) is 25.3. The molecule has 2 atom stereocenters. The van der Waals surface area contributed by atoms with Gasteiger partial charge in [0.2, 0.25) is 5.88 Å². The van der Waals surface area contributed by atoms with Gasteiger partial charge in [0.15, 0.2) is 0 Å². The van der Waals surface area contributed by atoms with Crippen molar-refractivity contribution in [2.24, 2.45) is 11.3 Å². The molecule has 0 radical (unpaired) electrons. The molecule has 4 heterocycles. The third-order valence-electron chi connectivity index (χ3n) is 5.39. The van der Waals surface area contributed by atoms with Gasteiger partial charge in [-0.2, -0.15) is 0 Å². The fourth-order valence-electron chi connectivity index (χ4n) is 4.08. The number of pyridine rings is 2. The summed E-state index contributed by atoms with van der Waals surface area (Å²) in [6.07, 6.45) is 3.57. The summed E-state index contributed by atoms with van der Waals surface area (Å²) in [6, 6.07) is 9.95. The molecule has 0 N–H and O–H groups in total. The Kier molecular flexibility index (Phi) is 5.15. The highest BCUT2D eigenvalue weighted by Gasteiger charge is 2.50. The van der Waals surface area contributed by atoms with Crippen molar-refractivity contribution in [2.45, 2.75) is 13.2 Å². The SMILES string of the molecule is COc1ncccc1CN1C[C@@H]2COC[C@]2(COCc2ccccn2)C1. The molecule has 26 heavy (non-hydrogen) atoms. The lowest BCUT2D eigenvalue weighted by atomic mass is 9.82. The van der Waals surface area contributed by atoms with Crippen molar-refractivity contribution < 1.29 is 14.2 Å². The molecule has 138 valence electrons. The molecular weight excluding hydrogens is 330 g/mol. The molecule has 0 unspecified atom stereocenters. The first-order valence-electron chi connectivity index (χ1n) is 9.05. The molecule has 2 aliphatic heterocycles. The zero-order valence-electron chi connectivity index (χ0n) is 15.1. The van der Waals surface area contributed by atoms with Crippen LogP contribution in [0.25, 0.3) is 0 Å². The maximum atomic E-state index is 6.05. The summed E-state index contributed by atoms with van der Waals surface area (Å²) in [6.45, 7) is 5.66. The Morgan fingerprint density at radius 1 is 1.23 bits per heavy atom. The van der Waals surface area contributed by atoms with Crippen LogP contribution in [-0.2, 0) is 22.6 Å². The van der Waals surface area contributed by atoms with Crippen molar-refractivity contribution in [1.29, 1.82) is 0 Å². The first-order chi connectivity index (χ1) is 12.8. The zero-order valence-corrected chi connectivity index (χ0v) is 15.1. The van der Waals surface area contributed by atoms with Gasteiger partial charge in [-0.05, 0) is 18.2 Å². The minimum Gasteiger partial charge on any atom is -0.481 e. The van der Waals surface area contributed by atoms with E-state index in [0.717, 1.165) is 44.1 Å². The maximum absolute atomic E-state index is 6.05. The third kappa shape index (κ3) is 3.58. The van der Waals surface area contributed by atoms with Crippen LogP contribution in [0.1, 0.15) is 11.3 Å². The lowest BCUT2D eigenvalue weighted by molar-refractivity contribution is 0.0171. The van der Waals surface area contributed by atoms with Crippen LogP contribution in [-0.4, -0.2) is 54.9 Å². The summed E-state index contributed by atoms with van der Waals surface area (Å²) in [5.41, 5.74) is 2.17. The molecule has 4 rings (SSSR count). The minimum atomic E-state index is 0.0736. The van der Waals surface area contributed by atoms with Crippen molar-refractivity contribution >= 4 is 0 Å². The van der Waals surface area contributed by atoms with Crippen LogP contribution in [0.4, 0.5) is 0 Å². The van der Waals surface area contributed by atoms with E-state index in [0.29, 0.717) is 25.0 Å². The van der Waals surface area contributed by atoms with Crippen molar-refractivity contribution in [3.05, 3.63) is 54.0 Å². The van der Waals surface area contributed by atoms with Crippen molar-refractivity contribution in [1.82, 2.24) is 14.9 Å². The third-order valence-corrected chi connectivity index (χ3v) is 5.39. The zero-order chi connectivity index (χ0) is 17.8. The van der Waals surface area contributed by atoms with E-state index in [1.54, 1.807) is 19.5 Å². The Labute approximate surface area is 154 Å². The number of methoxy groups -OCH3 is 1. The molecule has 6 nitrogen and oxygen atoms in total. The second kappa shape index (κ2) is 7.70. The van der Waals surface area contributed by atoms with E-state index in [1.807, 2.05) is 24.3 Å². The first-order valence-corrected chi connectivity index (χ1v) is 9.05.